The molecule has 0 amide bonds. The molecule has 3 atom stereocenters. The highest BCUT2D eigenvalue weighted by atomic mass is 35.5. The summed E-state index contributed by atoms with van der Waals surface area (Å²) in [6.07, 6.45) is 5.54. The van der Waals surface area contributed by atoms with E-state index in [9.17, 15) is 21.6 Å². The molecular formula is C29H31ClF3N7O4S2. The van der Waals surface area contributed by atoms with Gasteiger partial charge in [-0.15, -0.1) is 11.3 Å². The van der Waals surface area contributed by atoms with Crippen LogP contribution in [0.25, 0.3) is 5.57 Å². The molecule has 246 valence electrons. The lowest BCUT2D eigenvalue weighted by molar-refractivity contribution is -0.191. The molecule has 0 aliphatic carbocycles. The maximum absolute atomic E-state index is 14.0. The van der Waals surface area contributed by atoms with Gasteiger partial charge in [-0.2, -0.15) is 23.5 Å². The standard InChI is InChI=1S/C28H31ClF3N7O2S2.CO2/c1-17-3-2-8-37(15-17)10-12-43(40,41)36-19-14-23-24(22-6-9-39(35-22)28(31)32)25(20-5-4-18(30)13-21(20)29)34-26(38(23)16-19)27-33-7-11-42-27;2-1-3/h4-7,9,11,13,17,19,25,28,36H,2-3,8,10,12,14-16H2,1H3;/t17?,19-,25-;/m0./s1. The number of rotatable bonds is 9. The number of amidine groups is 1. The van der Waals surface area contributed by atoms with Gasteiger partial charge in [0.2, 0.25) is 10.0 Å². The minimum absolute atomic E-state index is 0.0256. The van der Waals surface area contributed by atoms with Crippen LogP contribution in [0.2, 0.25) is 5.02 Å². The van der Waals surface area contributed by atoms with Crippen molar-refractivity contribution in [1.29, 1.82) is 0 Å². The van der Waals surface area contributed by atoms with Crippen LogP contribution in [0, 0.1) is 11.7 Å². The number of nitrogens with one attached hydrogen (secondary N) is 1. The molecule has 1 N–H and O–H groups in total. The number of alkyl halides is 2. The molecule has 3 aromatic rings. The number of likely N-dealkylation sites (tertiary alicyclic amines) is 1. The van der Waals surface area contributed by atoms with Crippen LogP contribution < -0.4 is 4.72 Å². The Bertz CT molecular complexity index is 1740. The van der Waals surface area contributed by atoms with Crippen LogP contribution in [0.3, 0.4) is 0 Å². The normalized spacial score (nSPS) is 21.9. The van der Waals surface area contributed by atoms with Crippen molar-refractivity contribution in [3.8, 4) is 0 Å². The molecule has 17 heteroatoms. The molecule has 2 fully saturated rings. The van der Waals surface area contributed by atoms with Gasteiger partial charge in [-0.3, -0.25) is 4.99 Å². The van der Waals surface area contributed by atoms with Crippen molar-refractivity contribution in [2.75, 3.05) is 31.9 Å². The van der Waals surface area contributed by atoms with Crippen molar-refractivity contribution in [2.24, 2.45) is 10.9 Å². The van der Waals surface area contributed by atoms with Crippen LogP contribution in [-0.4, -0.2) is 82.9 Å². The summed E-state index contributed by atoms with van der Waals surface area (Å²) in [6, 6.07) is 4.09. The number of piperidine rings is 1. The number of halogens is 4. The fourth-order valence-corrected chi connectivity index (χ4v) is 8.28. The molecule has 2 saturated heterocycles. The minimum Gasteiger partial charge on any atom is -0.326 e. The second-order valence-electron chi connectivity index (χ2n) is 11.3. The predicted octanol–water partition coefficient (Wildman–Crippen LogP) is 4.58. The van der Waals surface area contributed by atoms with Crippen LogP contribution in [0.5, 0.6) is 0 Å². The topological polar surface area (TPSA) is 130 Å². The first kappa shape index (κ1) is 33.9. The molecule has 5 heterocycles. The van der Waals surface area contributed by atoms with Crippen LogP contribution in [0.1, 0.15) is 55.0 Å². The number of nitrogens with zero attached hydrogens (tertiary/aromatic N) is 6. The van der Waals surface area contributed by atoms with Crippen molar-refractivity contribution < 1.29 is 31.2 Å². The number of hydrogen-bond donors (Lipinski definition) is 1. The van der Waals surface area contributed by atoms with Gasteiger partial charge in [0, 0.05) is 71.7 Å². The van der Waals surface area contributed by atoms with Gasteiger partial charge in [-0.25, -0.2) is 27.2 Å². The molecule has 6 rings (SSSR count). The van der Waals surface area contributed by atoms with E-state index in [2.05, 4.69) is 26.6 Å². The molecular weight excluding hydrogens is 667 g/mol. The monoisotopic (exact) mass is 697 g/mol. The van der Waals surface area contributed by atoms with Gasteiger partial charge >= 0.3 is 12.7 Å². The highest BCUT2D eigenvalue weighted by Crippen LogP contribution is 2.46. The van der Waals surface area contributed by atoms with E-state index in [1.54, 1.807) is 11.6 Å². The number of thiazole rings is 1. The summed E-state index contributed by atoms with van der Waals surface area (Å²) in [5.74, 6) is 0.486. The van der Waals surface area contributed by atoms with Gasteiger partial charge < -0.3 is 9.80 Å². The fraction of sp³-hybridized carbons (Fsp3) is 0.448. The van der Waals surface area contributed by atoms with Crippen molar-refractivity contribution >= 4 is 50.5 Å². The third-order valence-electron chi connectivity index (χ3n) is 7.99. The second-order valence-corrected chi connectivity index (χ2v) is 14.4. The smallest absolute Gasteiger partial charge is 0.326 e. The Hall–Kier alpha value is -3.40. The van der Waals surface area contributed by atoms with E-state index in [4.69, 9.17) is 26.2 Å². The van der Waals surface area contributed by atoms with Crippen LogP contribution >= 0.6 is 22.9 Å². The average molecular weight is 698 g/mol. The highest BCUT2D eigenvalue weighted by Gasteiger charge is 2.42. The summed E-state index contributed by atoms with van der Waals surface area (Å²) in [4.78, 5) is 29.7. The maximum atomic E-state index is 14.0. The van der Waals surface area contributed by atoms with E-state index < -0.39 is 34.5 Å². The lowest BCUT2D eigenvalue weighted by atomic mass is 9.92. The Kier molecular flexibility index (Phi) is 10.8. The van der Waals surface area contributed by atoms with Gasteiger partial charge in [0.25, 0.3) is 0 Å². The summed E-state index contributed by atoms with van der Waals surface area (Å²) in [5, 5.41) is 6.65. The van der Waals surface area contributed by atoms with E-state index >= 15 is 0 Å². The molecule has 11 nitrogen and oxygen atoms in total. The average Bonchev–Trinajstić information content (AvgIpc) is 3.77. The van der Waals surface area contributed by atoms with Crippen molar-refractivity contribution in [3.05, 3.63) is 74.8 Å². The Morgan fingerprint density at radius 1 is 1.22 bits per heavy atom. The zero-order chi connectivity index (χ0) is 33.0. The van der Waals surface area contributed by atoms with Crippen molar-refractivity contribution in [3.63, 3.8) is 0 Å². The Balaban J connectivity index is 0.00000134. The number of fused-ring (bicyclic) bond motifs is 1. The minimum atomic E-state index is -3.64. The molecule has 0 bridgehead atoms. The summed E-state index contributed by atoms with van der Waals surface area (Å²) < 4.78 is 71.1. The number of benzene rings is 1. The van der Waals surface area contributed by atoms with Gasteiger partial charge in [-0.05, 0) is 43.5 Å². The van der Waals surface area contributed by atoms with Crippen molar-refractivity contribution in [1.82, 2.24) is 29.3 Å². The Morgan fingerprint density at radius 2 is 2.00 bits per heavy atom. The summed E-state index contributed by atoms with van der Waals surface area (Å²) in [6.45, 7) is 1.81. The van der Waals surface area contributed by atoms with Crippen LogP contribution in [0.15, 0.2) is 52.7 Å². The first-order valence-corrected chi connectivity index (χ1v) is 17.4. The molecule has 3 aliphatic heterocycles. The SMILES string of the molecule is CC1CCCN(CCS(=O)(=O)N[C@H]2CC3=C(c4ccn(C(F)F)n4)[C@H](c4ccc(F)cc4Cl)N=C(c4nccs4)N3C2)C1.O=C=O. The van der Waals surface area contributed by atoms with Crippen LogP contribution in [0.4, 0.5) is 13.2 Å². The van der Waals surface area contributed by atoms with Gasteiger partial charge in [0.15, 0.2) is 10.8 Å². The summed E-state index contributed by atoms with van der Waals surface area (Å²) >= 11 is 7.87. The van der Waals surface area contributed by atoms with E-state index in [0.29, 0.717) is 44.8 Å². The second kappa shape index (κ2) is 14.6. The molecule has 46 heavy (non-hydrogen) atoms. The van der Waals surface area contributed by atoms with E-state index in [1.165, 1.54) is 41.8 Å². The zero-order valence-electron chi connectivity index (χ0n) is 24.7. The van der Waals surface area contributed by atoms with Gasteiger partial charge in [-0.1, -0.05) is 24.6 Å². The first-order chi connectivity index (χ1) is 22.0. The predicted molar refractivity (Wildman–Crippen MR) is 165 cm³/mol. The Labute approximate surface area is 272 Å². The number of sulfonamides is 1. The lowest BCUT2D eigenvalue weighted by Gasteiger charge is -2.32. The molecule has 3 aliphatic rings. The number of hydrogen-bond acceptors (Lipinski definition) is 10. The molecule has 0 radical (unpaired) electrons. The first-order valence-electron chi connectivity index (χ1n) is 14.5. The number of aliphatic imine (C=N–C) groups is 1. The molecule has 2 aromatic heterocycles. The van der Waals surface area contributed by atoms with Crippen molar-refractivity contribution in [2.45, 2.75) is 44.8 Å². The zero-order valence-corrected chi connectivity index (χ0v) is 27.0. The largest absolute Gasteiger partial charge is 0.373 e. The molecule has 1 unspecified atom stereocenters. The number of aromatic nitrogens is 3. The molecule has 1 aromatic carbocycles. The third-order valence-corrected chi connectivity index (χ3v) is 10.5. The molecule has 0 saturated carbocycles. The summed E-state index contributed by atoms with van der Waals surface area (Å²) in [7, 11) is -3.64. The molecule has 0 spiro atoms. The fourth-order valence-electron chi connectivity index (χ4n) is 6.08. The van der Waals surface area contributed by atoms with E-state index in [0.717, 1.165) is 25.9 Å². The van der Waals surface area contributed by atoms with E-state index in [1.807, 2.05) is 4.90 Å². The van der Waals surface area contributed by atoms with Gasteiger partial charge in [0.1, 0.15) is 11.9 Å². The highest BCUT2D eigenvalue weighted by molar-refractivity contribution is 7.89. The third kappa shape index (κ3) is 7.76. The Morgan fingerprint density at radius 3 is 2.65 bits per heavy atom. The summed E-state index contributed by atoms with van der Waals surface area (Å²) in [5.41, 5.74) is 1.88. The lowest BCUT2D eigenvalue weighted by Crippen LogP contribution is -2.43. The van der Waals surface area contributed by atoms with E-state index in [-0.39, 0.29) is 35.6 Å². The van der Waals surface area contributed by atoms with Gasteiger partial charge in [0.05, 0.1) is 11.4 Å². The number of carbonyl (C=O) groups excluding carboxylic acids is 2. The quantitative estimate of drug-likeness (QED) is 0.344. The maximum Gasteiger partial charge on any atom is 0.373 e. The van der Waals surface area contributed by atoms with Crippen LogP contribution in [-0.2, 0) is 19.6 Å².